The summed E-state index contributed by atoms with van der Waals surface area (Å²) >= 11 is 0. The molecule has 2 rings (SSSR count). The van der Waals surface area contributed by atoms with Gasteiger partial charge in [0.25, 0.3) is 0 Å². The van der Waals surface area contributed by atoms with E-state index in [-0.39, 0.29) is 0 Å². The Hall–Kier alpha value is -0.890. The van der Waals surface area contributed by atoms with Gasteiger partial charge in [-0.25, -0.2) is 0 Å². The van der Waals surface area contributed by atoms with Gasteiger partial charge in [0.15, 0.2) is 12.6 Å². The number of hydrogen-bond acceptors (Lipinski definition) is 10. The number of ether oxygens (including phenoxy) is 5. The fourth-order valence-electron chi connectivity index (χ4n) is 3.71. The van der Waals surface area contributed by atoms with Crippen molar-refractivity contribution < 1.29 is 48.9 Å². The molecule has 2 heterocycles. The minimum atomic E-state index is -1.63. The molecular formula is C18H33NO10. The van der Waals surface area contributed by atoms with Crippen LogP contribution in [0.4, 0.5) is 0 Å². The van der Waals surface area contributed by atoms with Crippen molar-refractivity contribution in [2.24, 2.45) is 0 Å². The number of amides is 1. The summed E-state index contributed by atoms with van der Waals surface area (Å²) in [5.74, 6) is -0.435. The summed E-state index contributed by atoms with van der Waals surface area (Å²) in [5, 5.41) is 44.2. The lowest BCUT2D eigenvalue weighted by Crippen LogP contribution is -2.71. The van der Waals surface area contributed by atoms with Crippen molar-refractivity contribution in [3.8, 4) is 0 Å². The van der Waals surface area contributed by atoms with E-state index in [1.807, 2.05) is 0 Å². The number of carbonyl (C=O) groups excluding carboxylic acids is 1. The van der Waals surface area contributed by atoms with Gasteiger partial charge in [-0.1, -0.05) is 0 Å². The van der Waals surface area contributed by atoms with E-state index in [1.165, 1.54) is 28.1 Å². The van der Waals surface area contributed by atoms with Crippen LogP contribution in [-0.2, 0) is 28.5 Å². The Morgan fingerprint density at radius 2 is 1.72 bits per heavy atom. The highest BCUT2D eigenvalue weighted by atomic mass is 16.7. The standard InChI is InChI=1S/C18H33NO10/c1-7-10(20)12(11(21)16(23)27-7)29-17-14(26-6)18(4,24)13(8(2)28-17)19-15(22)9(3)25-5/h7-14,16-17,20-21,23-24H,1-6H3,(H,19,22)/t7-,8-,9?,10+,11-,12+,13-,14-,16?,17?,18+/m0/s1. The fourth-order valence-corrected chi connectivity index (χ4v) is 3.71. The van der Waals surface area contributed by atoms with Gasteiger partial charge in [-0.05, 0) is 27.7 Å². The summed E-state index contributed by atoms with van der Waals surface area (Å²) in [6, 6.07) is -0.855. The summed E-state index contributed by atoms with van der Waals surface area (Å²) in [5.41, 5.74) is -1.63. The zero-order chi connectivity index (χ0) is 22.1. The van der Waals surface area contributed by atoms with Crippen LogP contribution >= 0.6 is 0 Å². The molecule has 3 unspecified atom stereocenters. The monoisotopic (exact) mass is 423 g/mol. The first-order valence-electron chi connectivity index (χ1n) is 9.54. The SMILES string of the molecule is COC(C)C(=O)N[C@H]1[C@H](C)OC(O[C@@H]2[C@H](O)[C@H](C)OC(O)[C@H]2O)[C@H](OC)[C@]1(C)O. The number of aliphatic hydroxyl groups is 4. The highest BCUT2D eigenvalue weighted by molar-refractivity contribution is 5.80. The van der Waals surface area contributed by atoms with Crippen molar-refractivity contribution in [3.63, 3.8) is 0 Å². The maximum atomic E-state index is 12.2. The first-order chi connectivity index (χ1) is 13.4. The molecule has 0 aromatic carbocycles. The van der Waals surface area contributed by atoms with Crippen molar-refractivity contribution >= 4 is 5.91 Å². The number of aliphatic hydroxyl groups excluding tert-OH is 3. The lowest BCUT2D eigenvalue weighted by atomic mass is 9.83. The summed E-state index contributed by atoms with van der Waals surface area (Å²) < 4.78 is 27.0. The molecule has 5 N–H and O–H groups in total. The summed E-state index contributed by atoms with van der Waals surface area (Å²) in [6.07, 6.45) is -10.1. The number of hydrogen-bond donors (Lipinski definition) is 5. The Labute approximate surface area is 169 Å². The predicted molar refractivity (Wildman–Crippen MR) is 97.6 cm³/mol. The second kappa shape index (κ2) is 9.50. The van der Waals surface area contributed by atoms with Gasteiger partial charge in [0.1, 0.15) is 36.1 Å². The van der Waals surface area contributed by atoms with Crippen molar-refractivity contribution in [2.45, 2.75) is 94.6 Å². The molecule has 1 amide bonds. The zero-order valence-corrected chi connectivity index (χ0v) is 17.5. The maximum Gasteiger partial charge on any atom is 0.249 e. The third kappa shape index (κ3) is 4.89. The Morgan fingerprint density at radius 3 is 2.28 bits per heavy atom. The number of methoxy groups -OCH3 is 2. The molecule has 0 aromatic rings. The largest absolute Gasteiger partial charge is 0.388 e. The van der Waals surface area contributed by atoms with Gasteiger partial charge in [0, 0.05) is 14.2 Å². The van der Waals surface area contributed by atoms with Gasteiger partial charge in [-0.2, -0.15) is 0 Å². The molecule has 170 valence electrons. The zero-order valence-electron chi connectivity index (χ0n) is 17.5. The van der Waals surface area contributed by atoms with E-state index >= 15 is 0 Å². The molecule has 29 heavy (non-hydrogen) atoms. The highest BCUT2D eigenvalue weighted by Gasteiger charge is 2.55. The molecule has 11 nitrogen and oxygen atoms in total. The van der Waals surface area contributed by atoms with E-state index in [0.29, 0.717) is 0 Å². The minimum Gasteiger partial charge on any atom is -0.388 e. The average molecular weight is 423 g/mol. The van der Waals surface area contributed by atoms with Crippen LogP contribution in [0.5, 0.6) is 0 Å². The quantitative estimate of drug-likeness (QED) is 0.319. The smallest absolute Gasteiger partial charge is 0.249 e. The molecular weight excluding hydrogens is 390 g/mol. The van der Waals surface area contributed by atoms with Crippen molar-refractivity contribution in [1.82, 2.24) is 5.32 Å². The van der Waals surface area contributed by atoms with E-state index in [1.54, 1.807) is 13.8 Å². The maximum absolute atomic E-state index is 12.2. The van der Waals surface area contributed by atoms with Crippen LogP contribution in [0.2, 0.25) is 0 Å². The topological polar surface area (TPSA) is 156 Å². The minimum absolute atomic E-state index is 0.435. The van der Waals surface area contributed by atoms with Gasteiger partial charge in [0.2, 0.25) is 5.91 Å². The Balaban J connectivity index is 2.20. The molecule has 2 saturated heterocycles. The molecule has 0 aliphatic carbocycles. The summed E-state index contributed by atoms with van der Waals surface area (Å²) in [7, 11) is 2.73. The van der Waals surface area contributed by atoms with Gasteiger partial charge in [0.05, 0.1) is 18.2 Å². The molecule has 0 saturated carbocycles. The van der Waals surface area contributed by atoms with Crippen LogP contribution < -0.4 is 5.32 Å². The van der Waals surface area contributed by atoms with Gasteiger partial charge in [-0.15, -0.1) is 0 Å². The summed E-state index contributed by atoms with van der Waals surface area (Å²) in [6.45, 7) is 6.19. The molecule has 0 bridgehead atoms. The number of carbonyl (C=O) groups is 1. The lowest BCUT2D eigenvalue weighted by molar-refractivity contribution is -0.354. The van der Waals surface area contributed by atoms with E-state index in [9.17, 15) is 25.2 Å². The third-order valence-corrected chi connectivity index (χ3v) is 5.64. The Kier molecular flexibility index (Phi) is 7.99. The van der Waals surface area contributed by atoms with Crippen molar-refractivity contribution in [2.75, 3.05) is 14.2 Å². The second-order valence-corrected chi connectivity index (χ2v) is 7.77. The molecule has 0 aromatic heterocycles. The molecule has 0 radical (unpaired) electrons. The molecule has 2 fully saturated rings. The van der Waals surface area contributed by atoms with E-state index < -0.39 is 72.9 Å². The van der Waals surface area contributed by atoms with Gasteiger partial charge >= 0.3 is 0 Å². The molecule has 2 aliphatic rings. The molecule has 11 heteroatoms. The van der Waals surface area contributed by atoms with E-state index in [4.69, 9.17) is 23.7 Å². The molecule has 0 spiro atoms. The van der Waals surface area contributed by atoms with Gasteiger partial charge < -0.3 is 49.4 Å². The van der Waals surface area contributed by atoms with Crippen LogP contribution in [0.3, 0.4) is 0 Å². The van der Waals surface area contributed by atoms with E-state index in [0.717, 1.165) is 0 Å². The van der Waals surface area contributed by atoms with Crippen LogP contribution in [-0.4, -0.2) is 108 Å². The summed E-state index contributed by atoms with van der Waals surface area (Å²) in [4.78, 5) is 12.2. The second-order valence-electron chi connectivity index (χ2n) is 7.77. The van der Waals surface area contributed by atoms with Crippen LogP contribution in [0, 0.1) is 0 Å². The predicted octanol–water partition coefficient (Wildman–Crippen LogP) is -2.14. The highest BCUT2D eigenvalue weighted by Crippen LogP contribution is 2.34. The van der Waals surface area contributed by atoms with Crippen molar-refractivity contribution in [1.29, 1.82) is 0 Å². The third-order valence-electron chi connectivity index (χ3n) is 5.64. The average Bonchev–Trinajstić information content (AvgIpc) is 2.65. The van der Waals surface area contributed by atoms with Crippen LogP contribution in [0.25, 0.3) is 0 Å². The lowest BCUT2D eigenvalue weighted by Gasteiger charge is -2.51. The Morgan fingerprint density at radius 1 is 1.10 bits per heavy atom. The molecule has 2 aliphatic heterocycles. The normalized spacial score (nSPS) is 46.9. The van der Waals surface area contributed by atoms with Crippen LogP contribution in [0.1, 0.15) is 27.7 Å². The number of nitrogens with one attached hydrogen (secondary N) is 1. The first-order valence-corrected chi connectivity index (χ1v) is 9.54. The van der Waals surface area contributed by atoms with E-state index in [2.05, 4.69) is 5.32 Å². The number of rotatable bonds is 6. The first kappa shape index (κ1) is 24.4. The Bertz CT molecular complexity index is 547. The van der Waals surface area contributed by atoms with Crippen LogP contribution in [0.15, 0.2) is 0 Å². The van der Waals surface area contributed by atoms with Gasteiger partial charge in [-0.3, -0.25) is 4.79 Å². The van der Waals surface area contributed by atoms with Crippen molar-refractivity contribution in [3.05, 3.63) is 0 Å². The molecule has 11 atom stereocenters. The fraction of sp³-hybridized carbons (Fsp3) is 0.944.